The number of halogens is 3. The van der Waals surface area contributed by atoms with Crippen LogP contribution in [0.2, 0.25) is 0 Å². The predicted molar refractivity (Wildman–Crippen MR) is 99.4 cm³/mol. The van der Waals surface area contributed by atoms with Crippen LogP contribution in [-0.2, 0) is 25.7 Å². The number of fused-ring (bicyclic) bond motifs is 1. The molecule has 0 spiro atoms. The normalized spacial score (nSPS) is 14.4. The Kier molecular flexibility index (Phi) is 5.46. The molecular formula is C19H19F3N2O2S. The van der Waals surface area contributed by atoms with Gasteiger partial charge in [-0.2, -0.15) is 13.2 Å². The van der Waals surface area contributed by atoms with Gasteiger partial charge in [0, 0.05) is 19.6 Å². The first kappa shape index (κ1) is 19.3. The second kappa shape index (κ2) is 7.64. The number of alkyl halides is 3. The van der Waals surface area contributed by atoms with Gasteiger partial charge in [-0.3, -0.25) is 0 Å². The molecule has 144 valence electrons. The fourth-order valence-electron chi connectivity index (χ4n) is 3.06. The monoisotopic (exact) mass is 396 g/mol. The number of aryl methyl sites for hydroxylation is 1. The van der Waals surface area contributed by atoms with E-state index >= 15 is 0 Å². The van der Waals surface area contributed by atoms with Crippen LogP contribution in [0.4, 0.5) is 13.2 Å². The van der Waals surface area contributed by atoms with Crippen LogP contribution >= 0.6 is 12.2 Å². The summed E-state index contributed by atoms with van der Waals surface area (Å²) >= 11 is 5.43. The van der Waals surface area contributed by atoms with Crippen LogP contribution in [0.1, 0.15) is 28.7 Å². The van der Waals surface area contributed by atoms with Gasteiger partial charge >= 0.3 is 6.18 Å². The van der Waals surface area contributed by atoms with Gasteiger partial charge in [0.1, 0.15) is 0 Å². The van der Waals surface area contributed by atoms with Crippen molar-refractivity contribution in [3.8, 4) is 11.5 Å². The maximum absolute atomic E-state index is 12.6. The zero-order valence-corrected chi connectivity index (χ0v) is 15.2. The lowest BCUT2D eigenvalue weighted by atomic mass is 10.0. The molecule has 0 bridgehead atoms. The Morgan fingerprint density at radius 3 is 2.33 bits per heavy atom. The number of aromatic hydroxyl groups is 2. The lowest BCUT2D eigenvalue weighted by Gasteiger charge is -2.24. The van der Waals surface area contributed by atoms with Crippen molar-refractivity contribution in [2.24, 2.45) is 0 Å². The summed E-state index contributed by atoms with van der Waals surface area (Å²) in [6.07, 6.45) is -2.75. The summed E-state index contributed by atoms with van der Waals surface area (Å²) in [6, 6.07) is 8.08. The molecule has 4 nitrogen and oxygen atoms in total. The maximum Gasteiger partial charge on any atom is 0.416 e. The van der Waals surface area contributed by atoms with E-state index in [1.807, 2.05) is 4.90 Å². The Morgan fingerprint density at radius 2 is 1.70 bits per heavy atom. The topological polar surface area (TPSA) is 55.7 Å². The van der Waals surface area contributed by atoms with Crippen molar-refractivity contribution in [2.45, 2.75) is 32.1 Å². The van der Waals surface area contributed by atoms with Crippen molar-refractivity contribution in [1.29, 1.82) is 0 Å². The minimum Gasteiger partial charge on any atom is -0.504 e. The van der Waals surface area contributed by atoms with Gasteiger partial charge in [-0.1, -0.05) is 12.1 Å². The van der Waals surface area contributed by atoms with E-state index in [1.54, 1.807) is 12.1 Å². The molecule has 27 heavy (non-hydrogen) atoms. The van der Waals surface area contributed by atoms with E-state index in [-0.39, 0.29) is 11.5 Å². The summed E-state index contributed by atoms with van der Waals surface area (Å²) in [5.41, 5.74) is 1.88. The number of hydrogen-bond donors (Lipinski definition) is 3. The Bertz CT molecular complexity index is 838. The lowest BCUT2D eigenvalue weighted by molar-refractivity contribution is -0.137. The van der Waals surface area contributed by atoms with Crippen LogP contribution in [0.25, 0.3) is 0 Å². The highest BCUT2D eigenvalue weighted by Gasteiger charge is 2.29. The van der Waals surface area contributed by atoms with Crippen LogP contribution < -0.4 is 5.32 Å². The minimum atomic E-state index is -4.35. The summed E-state index contributed by atoms with van der Waals surface area (Å²) < 4.78 is 37.8. The summed E-state index contributed by atoms with van der Waals surface area (Å²) in [5.74, 6) is -0.301. The fraction of sp³-hybridized carbons (Fsp3) is 0.316. The number of rotatable bonds is 2. The molecule has 8 heteroatoms. The summed E-state index contributed by atoms with van der Waals surface area (Å²) in [7, 11) is 0. The van der Waals surface area contributed by atoms with Gasteiger partial charge in [-0.25, -0.2) is 0 Å². The number of hydrogen-bond acceptors (Lipinski definition) is 3. The number of nitrogens with zero attached hydrogens (tertiary/aromatic N) is 1. The molecule has 0 aromatic heterocycles. The van der Waals surface area contributed by atoms with Crippen molar-refractivity contribution >= 4 is 17.3 Å². The van der Waals surface area contributed by atoms with Crippen molar-refractivity contribution in [3.63, 3.8) is 0 Å². The molecular weight excluding hydrogens is 377 g/mol. The molecule has 0 unspecified atom stereocenters. The molecule has 0 aliphatic carbocycles. The zero-order chi connectivity index (χ0) is 19.6. The van der Waals surface area contributed by atoms with Crippen LogP contribution in [0.15, 0.2) is 36.4 Å². The largest absolute Gasteiger partial charge is 0.504 e. The first-order valence-corrected chi connectivity index (χ1v) is 8.87. The van der Waals surface area contributed by atoms with E-state index in [2.05, 4.69) is 5.32 Å². The Morgan fingerprint density at radius 1 is 1.07 bits per heavy atom. The van der Waals surface area contributed by atoms with Crippen molar-refractivity contribution in [3.05, 3.63) is 58.7 Å². The van der Waals surface area contributed by atoms with Gasteiger partial charge in [0.05, 0.1) is 5.56 Å². The van der Waals surface area contributed by atoms with E-state index in [1.165, 1.54) is 12.1 Å². The number of phenols is 2. The van der Waals surface area contributed by atoms with Gasteiger partial charge in [-0.15, -0.1) is 0 Å². The minimum absolute atomic E-state index is 0.134. The van der Waals surface area contributed by atoms with Crippen LogP contribution in [-0.4, -0.2) is 26.8 Å². The third-order valence-corrected chi connectivity index (χ3v) is 4.95. The quantitative estimate of drug-likeness (QED) is 0.530. The molecule has 1 aliphatic rings. The number of phenolic OH excluding ortho intramolecular Hbond substituents is 2. The first-order valence-electron chi connectivity index (χ1n) is 8.46. The lowest BCUT2D eigenvalue weighted by Crippen LogP contribution is -2.39. The molecule has 3 N–H and O–H groups in total. The summed E-state index contributed by atoms with van der Waals surface area (Å²) in [4.78, 5) is 1.95. The van der Waals surface area contributed by atoms with Gasteiger partial charge in [0.2, 0.25) is 0 Å². The maximum atomic E-state index is 12.6. The number of benzene rings is 2. The Balaban J connectivity index is 1.63. The highest BCUT2D eigenvalue weighted by atomic mass is 32.1. The Hall–Kier alpha value is -2.48. The average Bonchev–Trinajstić information content (AvgIpc) is 2.82. The van der Waals surface area contributed by atoms with Gasteiger partial charge in [0.15, 0.2) is 16.6 Å². The average molecular weight is 396 g/mol. The second-order valence-corrected chi connectivity index (χ2v) is 6.87. The van der Waals surface area contributed by atoms with Crippen molar-refractivity contribution < 1.29 is 23.4 Å². The number of nitrogens with one attached hydrogen (secondary N) is 1. The standard InChI is InChI=1S/C19H19F3N2O2S/c20-19(21,22)15-5-3-12(4-6-15)10-23-18(27)24-7-1-2-13-8-16(25)17(26)9-14(13)11-24/h3-6,8-9,25-26H,1-2,7,10-11H2,(H,23,27). The molecule has 0 amide bonds. The van der Waals surface area contributed by atoms with E-state index < -0.39 is 11.7 Å². The summed E-state index contributed by atoms with van der Waals surface area (Å²) in [6.45, 7) is 1.51. The van der Waals surface area contributed by atoms with E-state index in [4.69, 9.17) is 12.2 Å². The van der Waals surface area contributed by atoms with Crippen LogP contribution in [0.3, 0.4) is 0 Å². The summed E-state index contributed by atoms with van der Waals surface area (Å²) in [5, 5.41) is 22.9. The van der Waals surface area contributed by atoms with Crippen molar-refractivity contribution in [1.82, 2.24) is 10.2 Å². The van der Waals surface area contributed by atoms with E-state index in [9.17, 15) is 23.4 Å². The highest BCUT2D eigenvalue weighted by molar-refractivity contribution is 7.80. The molecule has 2 aromatic carbocycles. The fourth-order valence-corrected chi connectivity index (χ4v) is 3.29. The van der Waals surface area contributed by atoms with Crippen LogP contribution in [0, 0.1) is 0 Å². The third-order valence-electron chi connectivity index (χ3n) is 4.54. The molecule has 0 fully saturated rings. The molecule has 0 saturated carbocycles. The molecule has 2 aromatic rings. The Labute approximate surface area is 160 Å². The predicted octanol–water partition coefficient (Wildman–Crippen LogP) is 3.94. The van der Waals surface area contributed by atoms with Gasteiger partial charge < -0.3 is 20.4 Å². The molecule has 3 rings (SSSR count). The number of thiocarbonyl (C=S) groups is 1. The molecule has 0 radical (unpaired) electrons. The smallest absolute Gasteiger partial charge is 0.416 e. The molecule has 1 aliphatic heterocycles. The second-order valence-electron chi connectivity index (χ2n) is 6.49. The van der Waals surface area contributed by atoms with E-state index in [0.29, 0.717) is 30.3 Å². The van der Waals surface area contributed by atoms with Gasteiger partial charge in [-0.05, 0) is 66.0 Å². The van der Waals surface area contributed by atoms with Crippen LogP contribution in [0.5, 0.6) is 11.5 Å². The van der Waals surface area contributed by atoms with Gasteiger partial charge in [0.25, 0.3) is 0 Å². The highest BCUT2D eigenvalue weighted by Crippen LogP contribution is 2.31. The molecule has 0 saturated heterocycles. The van der Waals surface area contributed by atoms with Crippen molar-refractivity contribution in [2.75, 3.05) is 6.54 Å². The van der Waals surface area contributed by atoms with E-state index in [0.717, 1.165) is 36.1 Å². The molecule has 0 atom stereocenters. The zero-order valence-electron chi connectivity index (χ0n) is 14.4. The molecule has 1 heterocycles. The first-order chi connectivity index (χ1) is 12.7. The third kappa shape index (κ3) is 4.63. The SMILES string of the molecule is Oc1cc2c(cc1O)CN(C(=S)NCc1ccc(C(F)(F)F)cc1)CCC2.